The molecule has 4 rings (SSSR count). The van der Waals surface area contributed by atoms with E-state index in [4.69, 9.17) is 10.5 Å². The molecule has 11 heteroatoms. The number of halogens is 3. The molecule has 2 heterocycles. The average Bonchev–Trinajstić information content (AvgIpc) is 3.27. The van der Waals surface area contributed by atoms with E-state index >= 15 is 0 Å². The van der Waals surface area contributed by atoms with Gasteiger partial charge in [-0.2, -0.15) is 5.10 Å². The molecule has 3 aromatic rings. The fraction of sp³-hybridized carbons (Fsp3) is 0.320. The predicted molar refractivity (Wildman–Crippen MR) is 126 cm³/mol. The number of likely N-dealkylation sites (tertiary alicyclic amines) is 1. The Morgan fingerprint density at radius 1 is 1.19 bits per heavy atom. The van der Waals surface area contributed by atoms with Crippen molar-refractivity contribution in [3.63, 3.8) is 0 Å². The lowest BCUT2D eigenvalue weighted by Crippen LogP contribution is -2.47. The zero-order valence-corrected chi connectivity index (χ0v) is 19.8. The van der Waals surface area contributed by atoms with Gasteiger partial charge in [-0.25, -0.2) is 13.2 Å². The third-order valence-electron chi connectivity index (χ3n) is 6.16. The number of hydrogen-bond donors (Lipinski definition) is 2. The molecule has 1 unspecified atom stereocenters. The van der Waals surface area contributed by atoms with Crippen LogP contribution < -0.4 is 15.8 Å². The van der Waals surface area contributed by atoms with Gasteiger partial charge in [-0.05, 0) is 37.2 Å². The van der Waals surface area contributed by atoms with E-state index in [1.807, 2.05) is 0 Å². The Bertz CT molecular complexity index is 1280. The number of primary amides is 1. The first-order valence-corrected chi connectivity index (χ1v) is 11.3. The van der Waals surface area contributed by atoms with Crippen molar-refractivity contribution in [2.75, 3.05) is 27.2 Å². The van der Waals surface area contributed by atoms with Gasteiger partial charge in [0.15, 0.2) is 0 Å². The Labute approximate surface area is 205 Å². The van der Waals surface area contributed by atoms with Crippen molar-refractivity contribution in [2.45, 2.75) is 24.9 Å². The minimum atomic E-state index is -3.02. The summed E-state index contributed by atoms with van der Waals surface area (Å²) in [6.45, 7) is 0.210. The molecule has 3 N–H and O–H groups in total. The molecule has 1 aromatic heterocycles. The second kappa shape index (κ2) is 10.0. The van der Waals surface area contributed by atoms with Crippen LogP contribution in [0.3, 0.4) is 0 Å². The summed E-state index contributed by atoms with van der Waals surface area (Å²) in [6.07, 6.45) is 1.46. The van der Waals surface area contributed by atoms with Crippen LogP contribution in [-0.2, 0) is 6.54 Å². The van der Waals surface area contributed by atoms with E-state index in [2.05, 4.69) is 10.4 Å². The normalized spacial score (nSPS) is 17.5. The summed E-state index contributed by atoms with van der Waals surface area (Å²) in [4.78, 5) is 26.1. The molecule has 0 aliphatic carbocycles. The van der Waals surface area contributed by atoms with Crippen LogP contribution in [0.1, 0.15) is 38.7 Å². The molecule has 0 radical (unpaired) electrons. The van der Waals surface area contributed by atoms with Crippen LogP contribution in [0.4, 0.5) is 13.2 Å². The molecule has 1 aliphatic heterocycles. The highest BCUT2D eigenvalue weighted by Gasteiger charge is 2.45. The number of alkyl halides is 2. The summed E-state index contributed by atoms with van der Waals surface area (Å²) in [7, 11) is 3.02. The third kappa shape index (κ3) is 5.20. The summed E-state index contributed by atoms with van der Waals surface area (Å²) < 4.78 is 49.1. The predicted octanol–water partition coefficient (Wildman–Crippen LogP) is 3.24. The highest BCUT2D eigenvalue weighted by Crippen LogP contribution is 2.37. The molecule has 1 aliphatic rings. The number of nitrogens with two attached hydrogens (primary N) is 1. The number of nitrogens with one attached hydrogen (secondary N) is 1. The van der Waals surface area contributed by atoms with E-state index < -0.39 is 36.1 Å². The molecular weight excluding hydrogens is 475 g/mol. The number of methoxy groups -OCH3 is 1. The monoisotopic (exact) mass is 501 g/mol. The van der Waals surface area contributed by atoms with Gasteiger partial charge in [-0.1, -0.05) is 24.3 Å². The quantitative estimate of drug-likeness (QED) is 0.518. The van der Waals surface area contributed by atoms with E-state index in [1.54, 1.807) is 36.2 Å². The van der Waals surface area contributed by atoms with Gasteiger partial charge in [0.05, 0.1) is 24.8 Å². The SMILES string of the molecule is COc1ccc(F)cc1C(=O)NCc1ccc(-c2nn(C3CCN(C)CC3(F)F)cc2C(N)=O)cc1. The smallest absolute Gasteiger partial charge is 0.282 e. The summed E-state index contributed by atoms with van der Waals surface area (Å²) in [5.41, 5.74) is 7.06. The lowest BCUT2D eigenvalue weighted by molar-refractivity contribution is -0.101. The number of ether oxygens (including phenoxy) is 1. The second-order valence-corrected chi connectivity index (χ2v) is 8.76. The number of nitrogens with zero attached hydrogens (tertiary/aromatic N) is 3. The van der Waals surface area contributed by atoms with Crippen molar-refractivity contribution in [3.8, 4) is 17.0 Å². The number of carbonyl (C=O) groups excluding carboxylic acids is 2. The molecule has 0 spiro atoms. The van der Waals surface area contributed by atoms with Crippen molar-refractivity contribution < 1.29 is 27.5 Å². The van der Waals surface area contributed by atoms with Crippen LogP contribution in [0, 0.1) is 5.82 Å². The molecule has 190 valence electrons. The van der Waals surface area contributed by atoms with Crippen LogP contribution in [0.5, 0.6) is 5.75 Å². The molecule has 0 saturated carbocycles. The van der Waals surface area contributed by atoms with Gasteiger partial charge in [0.1, 0.15) is 23.3 Å². The van der Waals surface area contributed by atoms with E-state index in [-0.39, 0.29) is 35.5 Å². The van der Waals surface area contributed by atoms with Crippen molar-refractivity contribution in [3.05, 3.63) is 71.2 Å². The molecule has 1 saturated heterocycles. The highest BCUT2D eigenvalue weighted by atomic mass is 19.3. The Morgan fingerprint density at radius 3 is 2.56 bits per heavy atom. The van der Waals surface area contributed by atoms with Gasteiger partial charge < -0.3 is 20.7 Å². The highest BCUT2D eigenvalue weighted by molar-refractivity contribution is 5.99. The molecule has 0 bridgehead atoms. The molecule has 8 nitrogen and oxygen atoms in total. The number of aromatic nitrogens is 2. The molecule has 1 atom stereocenters. The lowest BCUT2D eigenvalue weighted by Gasteiger charge is -2.36. The maximum Gasteiger partial charge on any atom is 0.282 e. The van der Waals surface area contributed by atoms with Crippen LogP contribution in [0.15, 0.2) is 48.7 Å². The second-order valence-electron chi connectivity index (χ2n) is 8.76. The average molecular weight is 502 g/mol. The van der Waals surface area contributed by atoms with Crippen LogP contribution >= 0.6 is 0 Å². The minimum Gasteiger partial charge on any atom is -0.496 e. The zero-order valence-electron chi connectivity index (χ0n) is 19.8. The van der Waals surface area contributed by atoms with Crippen molar-refractivity contribution in [1.82, 2.24) is 20.0 Å². The molecule has 36 heavy (non-hydrogen) atoms. The van der Waals surface area contributed by atoms with Gasteiger partial charge in [0.2, 0.25) is 0 Å². The maximum absolute atomic E-state index is 14.7. The van der Waals surface area contributed by atoms with Crippen molar-refractivity contribution >= 4 is 11.8 Å². The van der Waals surface area contributed by atoms with E-state index in [0.717, 1.165) is 10.7 Å². The number of amides is 2. The van der Waals surface area contributed by atoms with E-state index in [0.29, 0.717) is 17.7 Å². The van der Waals surface area contributed by atoms with Crippen LogP contribution in [-0.4, -0.2) is 59.7 Å². The minimum absolute atomic E-state index is 0.0454. The Balaban J connectivity index is 1.52. The number of rotatable bonds is 7. The number of hydrogen-bond acceptors (Lipinski definition) is 5. The molecule has 2 amide bonds. The number of piperidine rings is 1. The number of carbonyl (C=O) groups is 2. The Hall–Kier alpha value is -3.86. The summed E-state index contributed by atoms with van der Waals surface area (Å²) in [5.74, 6) is -4.61. The fourth-order valence-electron chi connectivity index (χ4n) is 4.28. The third-order valence-corrected chi connectivity index (χ3v) is 6.16. The summed E-state index contributed by atoms with van der Waals surface area (Å²) in [6, 6.07) is 9.20. The van der Waals surface area contributed by atoms with Gasteiger partial charge in [0.25, 0.3) is 17.7 Å². The molecule has 2 aromatic carbocycles. The van der Waals surface area contributed by atoms with Gasteiger partial charge >= 0.3 is 0 Å². The first-order chi connectivity index (χ1) is 17.1. The van der Waals surface area contributed by atoms with Crippen LogP contribution in [0.25, 0.3) is 11.3 Å². The molecule has 1 fully saturated rings. The van der Waals surface area contributed by atoms with Gasteiger partial charge in [0, 0.05) is 24.8 Å². The Kier molecular flexibility index (Phi) is 7.02. The lowest BCUT2D eigenvalue weighted by atomic mass is 10.0. The molecular formula is C25H26F3N5O3. The topological polar surface area (TPSA) is 102 Å². The van der Waals surface area contributed by atoms with Crippen LogP contribution in [0.2, 0.25) is 0 Å². The maximum atomic E-state index is 14.7. The van der Waals surface area contributed by atoms with E-state index in [9.17, 15) is 22.8 Å². The largest absolute Gasteiger partial charge is 0.496 e. The fourth-order valence-corrected chi connectivity index (χ4v) is 4.28. The Morgan fingerprint density at radius 2 is 1.92 bits per heavy atom. The summed E-state index contributed by atoms with van der Waals surface area (Å²) >= 11 is 0. The number of benzene rings is 2. The van der Waals surface area contributed by atoms with Crippen molar-refractivity contribution in [1.29, 1.82) is 0 Å². The van der Waals surface area contributed by atoms with Crippen molar-refractivity contribution in [2.24, 2.45) is 5.73 Å². The van der Waals surface area contributed by atoms with Gasteiger partial charge in [-0.3, -0.25) is 14.3 Å². The van der Waals surface area contributed by atoms with E-state index in [1.165, 1.54) is 25.4 Å². The first-order valence-electron chi connectivity index (χ1n) is 11.3. The zero-order chi connectivity index (χ0) is 26.0. The first kappa shape index (κ1) is 25.2. The summed E-state index contributed by atoms with van der Waals surface area (Å²) in [5, 5.41) is 7.01. The van der Waals surface area contributed by atoms with Gasteiger partial charge in [-0.15, -0.1) is 0 Å². The standard InChI is InChI=1S/C25H26F3N5O3/c1-32-10-9-21(25(27,28)14-32)33-13-19(23(29)34)22(31-33)16-5-3-15(4-6-16)12-30-24(35)18-11-17(26)7-8-20(18)36-2/h3-8,11,13,21H,9-10,12,14H2,1-2H3,(H2,29,34)(H,30,35).